The molecule has 0 spiro atoms. The van der Waals surface area contributed by atoms with Gasteiger partial charge < -0.3 is 15.5 Å². The lowest BCUT2D eigenvalue weighted by molar-refractivity contribution is -0.139. The van der Waals surface area contributed by atoms with Gasteiger partial charge in [0.1, 0.15) is 11.0 Å². The van der Waals surface area contributed by atoms with E-state index in [0.29, 0.717) is 6.54 Å². The molecule has 1 aromatic heterocycles. The lowest BCUT2D eigenvalue weighted by atomic mass is 9.83. The molecule has 1 saturated carbocycles. The topological polar surface area (TPSA) is 74.3 Å². The van der Waals surface area contributed by atoms with Crippen LogP contribution in [0.4, 0.5) is 0 Å². The van der Waals surface area contributed by atoms with Crippen LogP contribution in [0.3, 0.4) is 0 Å². The van der Waals surface area contributed by atoms with Crippen LogP contribution in [0.25, 0.3) is 22.0 Å². The first kappa shape index (κ1) is 25.9. The molecule has 2 fully saturated rings. The Labute approximate surface area is 223 Å². The number of amides is 2. The van der Waals surface area contributed by atoms with Crippen molar-refractivity contribution in [3.63, 3.8) is 0 Å². The van der Waals surface area contributed by atoms with Gasteiger partial charge >= 0.3 is 0 Å². The van der Waals surface area contributed by atoms with Crippen molar-refractivity contribution in [2.24, 2.45) is 5.92 Å². The lowest BCUT2D eigenvalue weighted by Crippen LogP contribution is -2.55. The highest BCUT2D eigenvalue weighted by molar-refractivity contribution is 7.10. The molecule has 6 nitrogen and oxygen atoms in total. The molecule has 196 valence electrons. The molecule has 1 unspecified atom stereocenters. The molecule has 37 heavy (non-hydrogen) atoms. The molecule has 1 saturated heterocycles. The summed E-state index contributed by atoms with van der Waals surface area (Å²) in [5.74, 6) is 0.148. The summed E-state index contributed by atoms with van der Waals surface area (Å²) < 4.78 is 0. The zero-order valence-electron chi connectivity index (χ0n) is 22.1. The number of nitrogens with zero attached hydrogens (tertiary/aromatic N) is 2. The third-order valence-electron chi connectivity index (χ3n) is 8.27. The van der Waals surface area contributed by atoms with Gasteiger partial charge in [0, 0.05) is 17.5 Å². The SMILES string of the molecule is CN[C@@H](C)C(=O)NC(C(=O)N1CCC[C@H]1c1nc(-c2ccc(C)c3ccccc23)cs1)C1CCCCC1. The highest BCUT2D eigenvalue weighted by atomic mass is 32.1. The number of rotatable bonds is 7. The normalized spacial score (nSPS) is 20.2. The fraction of sp³-hybridized carbons (Fsp3) is 0.500. The molecule has 2 aromatic carbocycles. The van der Waals surface area contributed by atoms with Crippen molar-refractivity contribution in [2.45, 2.75) is 76.9 Å². The molecule has 2 heterocycles. The highest BCUT2D eigenvalue weighted by Gasteiger charge is 2.40. The fourth-order valence-corrected chi connectivity index (χ4v) is 6.93. The first-order valence-corrected chi connectivity index (χ1v) is 14.6. The third kappa shape index (κ3) is 5.30. The van der Waals surface area contributed by atoms with Crippen LogP contribution in [0.2, 0.25) is 0 Å². The second kappa shape index (κ2) is 11.3. The number of hydrogen-bond acceptors (Lipinski definition) is 5. The van der Waals surface area contributed by atoms with Crippen LogP contribution in [0, 0.1) is 12.8 Å². The van der Waals surface area contributed by atoms with Gasteiger partial charge in [0.2, 0.25) is 11.8 Å². The van der Waals surface area contributed by atoms with Crippen molar-refractivity contribution in [3.05, 3.63) is 52.3 Å². The highest BCUT2D eigenvalue weighted by Crippen LogP contribution is 2.39. The van der Waals surface area contributed by atoms with Crippen LogP contribution in [-0.2, 0) is 9.59 Å². The maximum absolute atomic E-state index is 14.0. The van der Waals surface area contributed by atoms with Gasteiger partial charge in [-0.2, -0.15) is 0 Å². The Hall–Kier alpha value is -2.77. The molecule has 3 atom stereocenters. The monoisotopic (exact) mass is 518 g/mol. The average molecular weight is 519 g/mol. The molecule has 3 aromatic rings. The number of likely N-dealkylation sites (N-methyl/N-ethyl adjacent to an activating group) is 1. The maximum Gasteiger partial charge on any atom is 0.246 e. The van der Waals surface area contributed by atoms with E-state index >= 15 is 0 Å². The molecule has 0 bridgehead atoms. The van der Waals surface area contributed by atoms with Crippen molar-refractivity contribution in [3.8, 4) is 11.3 Å². The summed E-state index contributed by atoms with van der Waals surface area (Å²) in [6, 6.07) is 11.9. The first-order valence-electron chi connectivity index (χ1n) is 13.7. The van der Waals surface area contributed by atoms with Gasteiger partial charge in [0.05, 0.1) is 17.8 Å². The number of fused-ring (bicyclic) bond motifs is 1. The minimum atomic E-state index is -0.468. The van der Waals surface area contributed by atoms with E-state index in [2.05, 4.69) is 59.3 Å². The number of hydrogen-bond donors (Lipinski definition) is 2. The summed E-state index contributed by atoms with van der Waals surface area (Å²) in [5, 5.41) is 11.7. The van der Waals surface area contributed by atoms with Gasteiger partial charge in [-0.1, -0.05) is 55.7 Å². The van der Waals surface area contributed by atoms with Crippen molar-refractivity contribution in [2.75, 3.05) is 13.6 Å². The Balaban J connectivity index is 1.41. The van der Waals surface area contributed by atoms with Crippen LogP contribution >= 0.6 is 11.3 Å². The van der Waals surface area contributed by atoms with Crippen molar-refractivity contribution in [1.29, 1.82) is 0 Å². The molecule has 2 N–H and O–H groups in total. The number of aryl methyl sites for hydroxylation is 1. The molecule has 7 heteroatoms. The molecule has 0 radical (unpaired) electrons. The van der Waals surface area contributed by atoms with Crippen molar-refractivity contribution >= 4 is 33.9 Å². The number of carbonyl (C=O) groups excluding carboxylic acids is 2. The zero-order valence-corrected chi connectivity index (χ0v) is 22.9. The predicted octanol–water partition coefficient (Wildman–Crippen LogP) is 5.61. The third-order valence-corrected chi connectivity index (χ3v) is 9.22. The van der Waals surface area contributed by atoms with E-state index < -0.39 is 6.04 Å². The van der Waals surface area contributed by atoms with E-state index in [1.165, 1.54) is 22.8 Å². The minimum Gasteiger partial charge on any atom is -0.343 e. The molecule has 1 aliphatic carbocycles. The predicted molar refractivity (Wildman–Crippen MR) is 151 cm³/mol. The summed E-state index contributed by atoms with van der Waals surface area (Å²) in [6.07, 6.45) is 7.30. The number of nitrogens with one attached hydrogen (secondary N) is 2. The summed E-state index contributed by atoms with van der Waals surface area (Å²) in [4.78, 5) is 33.9. The van der Waals surface area contributed by atoms with Crippen LogP contribution in [0.15, 0.2) is 41.8 Å². The van der Waals surface area contributed by atoms with Crippen LogP contribution in [-0.4, -0.2) is 47.4 Å². The Morgan fingerprint density at radius 3 is 2.54 bits per heavy atom. The average Bonchev–Trinajstić information content (AvgIpc) is 3.62. The minimum absolute atomic E-state index is 0.0346. The lowest BCUT2D eigenvalue weighted by Gasteiger charge is -2.35. The molecule has 2 aliphatic rings. The zero-order chi connectivity index (χ0) is 25.9. The Morgan fingerprint density at radius 2 is 1.78 bits per heavy atom. The van der Waals surface area contributed by atoms with Gasteiger partial charge in [-0.15, -0.1) is 11.3 Å². The van der Waals surface area contributed by atoms with E-state index in [0.717, 1.165) is 54.8 Å². The number of benzene rings is 2. The largest absolute Gasteiger partial charge is 0.343 e. The standard InChI is InChI=1S/C30H38N4O2S/c1-19-15-16-24(23-13-8-7-12-22(19)23)25-18-37-29(32-25)26-14-9-17-34(26)30(36)27(21-10-5-4-6-11-21)33-28(35)20(2)31-3/h7-8,12-13,15-16,18,20-21,26-27,31H,4-6,9-11,14,17H2,1-3H3,(H,33,35)/t20-,26-,27?/m0/s1. The number of aromatic nitrogens is 1. The van der Waals surface area contributed by atoms with Crippen LogP contribution in [0.1, 0.15) is 68.5 Å². The first-order chi connectivity index (χ1) is 18.0. The fourth-order valence-electron chi connectivity index (χ4n) is 5.96. The number of carbonyl (C=O) groups is 2. The Bertz CT molecular complexity index is 1270. The maximum atomic E-state index is 14.0. The molecule has 5 rings (SSSR count). The Morgan fingerprint density at radius 1 is 1.03 bits per heavy atom. The van der Waals surface area contributed by atoms with E-state index in [4.69, 9.17) is 4.98 Å². The molecular weight excluding hydrogens is 480 g/mol. The van der Waals surface area contributed by atoms with Gasteiger partial charge in [0.25, 0.3) is 0 Å². The summed E-state index contributed by atoms with van der Waals surface area (Å²) in [6.45, 7) is 4.69. The van der Waals surface area contributed by atoms with Crippen LogP contribution in [0.5, 0.6) is 0 Å². The van der Waals surface area contributed by atoms with Gasteiger partial charge in [-0.05, 0) is 68.8 Å². The van der Waals surface area contributed by atoms with E-state index in [-0.39, 0.29) is 29.8 Å². The van der Waals surface area contributed by atoms with Crippen molar-refractivity contribution in [1.82, 2.24) is 20.5 Å². The molecule has 2 amide bonds. The van der Waals surface area contributed by atoms with Gasteiger partial charge in [0.15, 0.2) is 0 Å². The number of likely N-dealkylation sites (tertiary alicyclic amines) is 1. The summed E-state index contributed by atoms with van der Waals surface area (Å²) in [7, 11) is 1.77. The Kier molecular flexibility index (Phi) is 7.91. The van der Waals surface area contributed by atoms with Gasteiger partial charge in [-0.25, -0.2) is 4.98 Å². The second-order valence-corrected chi connectivity index (χ2v) is 11.5. The smallest absolute Gasteiger partial charge is 0.246 e. The van der Waals surface area contributed by atoms with Crippen LogP contribution < -0.4 is 10.6 Å². The molecular formula is C30H38N4O2S. The summed E-state index contributed by atoms with van der Waals surface area (Å²) >= 11 is 1.64. The quantitative estimate of drug-likeness (QED) is 0.426. The van der Waals surface area contributed by atoms with E-state index in [9.17, 15) is 9.59 Å². The summed E-state index contributed by atoms with van der Waals surface area (Å²) in [5.41, 5.74) is 3.36. The van der Waals surface area contributed by atoms with E-state index in [1.807, 2.05) is 11.8 Å². The number of thiazole rings is 1. The molecule has 1 aliphatic heterocycles. The van der Waals surface area contributed by atoms with E-state index in [1.54, 1.807) is 18.4 Å². The van der Waals surface area contributed by atoms with Crippen molar-refractivity contribution < 1.29 is 9.59 Å². The second-order valence-electron chi connectivity index (χ2n) is 10.6. The van der Waals surface area contributed by atoms with Gasteiger partial charge in [-0.3, -0.25) is 9.59 Å².